The lowest BCUT2D eigenvalue weighted by Crippen LogP contribution is -2.21. The summed E-state index contributed by atoms with van der Waals surface area (Å²) in [5, 5.41) is 2.74. The highest BCUT2D eigenvalue weighted by atomic mass is 16.5. The molecule has 1 aromatic carbocycles. The fourth-order valence-electron chi connectivity index (χ4n) is 2.42. The summed E-state index contributed by atoms with van der Waals surface area (Å²) in [5.41, 5.74) is 2.14. The molecule has 1 N–H and O–H groups in total. The number of amides is 1. The van der Waals surface area contributed by atoms with Gasteiger partial charge < -0.3 is 18.9 Å². The van der Waals surface area contributed by atoms with Crippen LogP contribution in [-0.2, 0) is 13.2 Å². The van der Waals surface area contributed by atoms with Crippen molar-refractivity contribution in [3.05, 3.63) is 77.1 Å². The molecular weight excluding hydrogens is 306 g/mol. The molecule has 2 aromatic heterocycles. The van der Waals surface area contributed by atoms with E-state index in [1.807, 2.05) is 32.0 Å². The van der Waals surface area contributed by atoms with Crippen LogP contribution in [0.2, 0.25) is 0 Å². The van der Waals surface area contributed by atoms with Gasteiger partial charge in [-0.3, -0.25) is 4.79 Å². The SMILES string of the molecule is Cc1cccc(C)c1OCc1ccc(C(=O)NCc2ccco2)o1. The number of carbonyl (C=O) groups excluding carboxylic acids is 1. The molecule has 3 rings (SSSR count). The quantitative estimate of drug-likeness (QED) is 0.744. The van der Waals surface area contributed by atoms with E-state index in [0.717, 1.165) is 16.9 Å². The van der Waals surface area contributed by atoms with Gasteiger partial charge in [-0.2, -0.15) is 0 Å². The number of hydrogen-bond donors (Lipinski definition) is 1. The third-order valence-electron chi connectivity index (χ3n) is 3.66. The second-order valence-electron chi connectivity index (χ2n) is 5.54. The second-order valence-corrected chi connectivity index (χ2v) is 5.54. The average molecular weight is 325 g/mol. The van der Waals surface area contributed by atoms with Crippen LogP contribution < -0.4 is 10.1 Å². The van der Waals surface area contributed by atoms with Crippen molar-refractivity contribution in [2.75, 3.05) is 0 Å². The highest BCUT2D eigenvalue weighted by Crippen LogP contribution is 2.23. The standard InChI is InChI=1S/C19H19NO4/c1-13-5-3-6-14(2)18(13)23-12-16-8-9-17(24-16)19(21)20-11-15-7-4-10-22-15/h3-10H,11-12H2,1-2H3,(H,20,21). The first kappa shape index (κ1) is 15.9. The summed E-state index contributed by atoms with van der Waals surface area (Å²) in [7, 11) is 0. The molecule has 0 aliphatic heterocycles. The molecule has 0 saturated heterocycles. The minimum absolute atomic E-state index is 0.252. The fraction of sp³-hybridized carbons (Fsp3) is 0.211. The first-order valence-electron chi connectivity index (χ1n) is 7.72. The van der Waals surface area contributed by atoms with E-state index in [4.69, 9.17) is 13.6 Å². The van der Waals surface area contributed by atoms with Crippen molar-refractivity contribution in [1.82, 2.24) is 5.32 Å². The van der Waals surface area contributed by atoms with Crippen LogP contribution in [0.1, 0.15) is 33.2 Å². The second kappa shape index (κ2) is 7.08. The molecule has 0 radical (unpaired) electrons. The monoisotopic (exact) mass is 325 g/mol. The molecule has 2 heterocycles. The number of carbonyl (C=O) groups is 1. The van der Waals surface area contributed by atoms with Crippen LogP contribution in [0.3, 0.4) is 0 Å². The summed E-state index contributed by atoms with van der Waals surface area (Å²) < 4.78 is 16.5. The molecular formula is C19H19NO4. The molecule has 0 fully saturated rings. The van der Waals surface area contributed by atoms with Gasteiger partial charge in [-0.15, -0.1) is 0 Å². The lowest BCUT2D eigenvalue weighted by atomic mass is 10.1. The number of nitrogens with one attached hydrogen (secondary N) is 1. The lowest BCUT2D eigenvalue weighted by molar-refractivity contribution is 0.0916. The van der Waals surface area contributed by atoms with Crippen LogP contribution in [0.15, 0.2) is 57.6 Å². The van der Waals surface area contributed by atoms with Gasteiger partial charge in [-0.25, -0.2) is 0 Å². The topological polar surface area (TPSA) is 64.6 Å². The molecule has 0 aliphatic rings. The number of rotatable bonds is 6. The van der Waals surface area contributed by atoms with Gasteiger partial charge >= 0.3 is 0 Å². The van der Waals surface area contributed by atoms with Crippen LogP contribution in [-0.4, -0.2) is 5.91 Å². The Kier molecular flexibility index (Phi) is 4.70. The Bertz CT molecular complexity index is 798. The van der Waals surface area contributed by atoms with Crippen molar-refractivity contribution in [3.8, 4) is 5.75 Å². The van der Waals surface area contributed by atoms with Crippen molar-refractivity contribution in [2.45, 2.75) is 27.0 Å². The van der Waals surface area contributed by atoms with Gasteiger partial charge in [0.2, 0.25) is 0 Å². The Balaban J connectivity index is 1.58. The Morgan fingerprint density at radius 2 is 1.83 bits per heavy atom. The van der Waals surface area contributed by atoms with Gasteiger partial charge in [0.15, 0.2) is 5.76 Å². The van der Waals surface area contributed by atoms with Gasteiger partial charge in [0.25, 0.3) is 5.91 Å². The van der Waals surface area contributed by atoms with E-state index in [-0.39, 0.29) is 18.3 Å². The number of aryl methyl sites for hydroxylation is 2. The zero-order valence-electron chi connectivity index (χ0n) is 13.7. The Morgan fingerprint density at radius 1 is 1.04 bits per heavy atom. The first-order chi connectivity index (χ1) is 11.6. The largest absolute Gasteiger partial charge is 0.485 e. The maximum Gasteiger partial charge on any atom is 0.287 e. The Morgan fingerprint density at radius 3 is 2.54 bits per heavy atom. The van der Waals surface area contributed by atoms with E-state index in [9.17, 15) is 4.79 Å². The zero-order valence-corrected chi connectivity index (χ0v) is 13.7. The lowest BCUT2D eigenvalue weighted by Gasteiger charge is -2.10. The van der Waals surface area contributed by atoms with E-state index in [1.54, 1.807) is 30.5 Å². The maximum atomic E-state index is 12.0. The number of benzene rings is 1. The summed E-state index contributed by atoms with van der Waals surface area (Å²) in [6, 6.07) is 12.9. The molecule has 0 bridgehead atoms. The maximum absolute atomic E-state index is 12.0. The van der Waals surface area contributed by atoms with E-state index >= 15 is 0 Å². The van der Waals surface area contributed by atoms with Gasteiger partial charge in [0, 0.05) is 0 Å². The fourth-order valence-corrected chi connectivity index (χ4v) is 2.42. The molecule has 0 saturated carbocycles. The molecule has 24 heavy (non-hydrogen) atoms. The molecule has 0 spiro atoms. The molecule has 3 aromatic rings. The first-order valence-corrected chi connectivity index (χ1v) is 7.72. The van der Waals surface area contributed by atoms with Gasteiger partial charge in [-0.1, -0.05) is 18.2 Å². The van der Waals surface area contributed by atoms with Crippen LogP contribution in [0.4, 0.5) is 0 Å². The zero-order chi connectivity index (χ0) is 16.9. The predicted octanol–water partition coefficient (Wildman–Crippen LogP) is 4.00. The van der Waals surface area contributed by atoms with E-state index in [2.05, 4.69) is 5.32 Å². The normalized spacial score (nSPS) is 10.6. The molecule has 124 valence electrons. The van der Waals surface area contributed by atoms with E-state index < -0.39 is 0 Å². The van der Waals surface area contributed by atoms with Crippen molar-refractivity contribution < 1.29 is 18.4 Å². The minimum atomic E-state index is -0.287. The van der Waals surface area contributed by atoms with Crippen LogP contribution in [0.25, 0.3) is 0 Å². The summed E-state index contributed by atoms with van der Waals surface area (Å²) >= 11 is 0. The number of hydrogen-bond acceptors (Lipinski definition) is 4. The summed E-state index contributed by atoms with van der Waals surface area (Å²) in [6.07, 6.45) is 1.57. The van der Waals surface area contributed by atoms with Crippen LogP contribution in [0, 0.1) is 13.8 Å². The van der Waals surface area contributed by atoms with Crippen molar-refractivity contribution in [1.29, 1.82) is 0 Å². The average Bonchev–Trinajstić information content (AvgIpc) is 3.24. The molecule has 0 atom stereocenters. The van der Waals surface area contributed by atoms with Gasteiger partial charge in [0.1, 0.15) is 23.9 Å². The molecule has 0 aliphatic carbocycles. The van der Waals surface area contributed by atoms with Gasteiger partial charge in [-0.05, 0) is 49.2 Å². The molecule has 1 amide bonds. The van der Waals surface area contributed by atoms with Crippen molar-refractivity contribution >= 4 is 5.91 Å². The van der Waals surface area contributed by atoms with Crippen LogP contribution >= 0.6 is 0 Å². The van der Waals surface area contributed by atoms with E-state index in [1.165, 1.54) is 0 Å². The number of ether oxygens (including phenoxy) is 1. The minimum Gasteiger partial charge on any atom is -0.485 e. The molecule has 5 heteroatoms. The molecule has 0 unspecified atom stereocenters. The Hall–Kier alpha value is -2.95. The van der Waals surface area contributed by atoms with Crippen LogP contribution in [0.5, 0.6) is 5.75 Å². The van der Waals surface area contributed by atoms with E-state index in [0.29, 0.717) is 18.1 Å². The third kappa shape index (κ3) is 3.68. The highest BCUT2D eigenvalue weighted by Gasteiger charge is 2.12. The molecule has 5 nitrogen and oxygen atoms in total. The van der Waals surface area contributed by atoms with Crippen molar-refractivity contribution in [3.63, 3.8) is 0 Å². The number of furan rings is 2. The summed E-state index contributed by atoms with van der Waals surface area (Å²) in [5.74, 6) is 2.10. The summed E-state index contributed by atoms with van der Waals surface area (Å²) in [6.45, 7) is 4.59. The highest BCUT2D eigenvalue weighted by molar-refractivity contribution is 5.91. The number of para-hydroxylation sites is 1. The summed E-state index contributed by atoms with van der Waals surface area (Å²) in [4.78, 5) is 12.0. The predicted molar refractivity (Wildman–Crippen MR) is 88.8 cm³/mol. The van der Waals surface area contributed by atoms with Gasteiger partial charge in [0.05, 0.1) is 12.8 Å². The third-order valence-corrected chi connectivity index (χ3v) is 3.66. The van der Waals surface area contributed by atoms with Crippen molar-refractivity contribution in [2.24, 2.45) is 0 Å². The smallest absolute Gasteiger partial charge is 0.287 e. The Labute approximate surface area is 140 Å².